The highest BCUT2D eigenvalue weighted by atomic mass is 19.4. The number of ether oxygens (including phenoxy) is 1. The molecule has 0 saturated carbocycles. The van der Waals surface area contributed by atoms with Crippen molar-refractivity contribution in [3.05, 3.63) is 65.7 Å². The van der Waals surface area contributed by atoms with Crippen molar-refractivity contribution < 1.29 is 27.5 Å². The van der Waals surface area contributed by atoms with Crippen LogP contribution in [0.2, 0.25) is 0 Å². The van der Waals surface area contributed by atoms with E-state index in [1.54, 1.807) is 11.9 Å². The standard InChI is InChI=1S/C22H23F3N2O3/c1-26(15-16-10-12-18(13-11-16)30-22(23,24)25)21(29)20(17-7-3-2-4-8-17)27-14-6-5-9-19(27)28/h2-4,7-8,10-13,20H,5-6,9,14-15H2,1H3. The first-order chi connectivity index (χ1) is 14.2. The molecule has 5 nitrogen and oxygen atoms in total. The van der Waals surface area contributed by atoms with Gasteiger partial charge in [0, 0.05) is 26.6 Å². The molecule has 0 spiro atoms. The van der Waals surface area contributed by atoms with Gasteiger partial charge in [-0.2, -0.15) is 0 Å². The highest BCUT2D eigenvalue weighted by Gasteiger charge is 2.34. The fraction of sp³-hybridized carbons (Fsp3) is 0.364. The van der Waals surface area contributed by atoms with Crippen LogP contribution in [-0.4, -0.2) is 41.6 Å². The van der Waals surface area contributed by atoms with Gasteiger partial charge in [-0.3, -0.25) is 9.59 Å². The van der Waals surface area contributed by atoms with Crippen LogP contribution in [0, 0.1) is 0 Å². The Balaban J connectivity index is 1.76. The van der Waals surface area contributed by atoms with Crippen LogP contribution in [0.5, 0.6) is 5.75 Å². The van der Waals surface area contributed by atoms with E-state index in [-0.39, 0.29) is 24.1 Å². The molecule has 160 valence electrons. The second-order valence-corrected chi connectivity index (χ2v) is 7.24. The molecule has 1 aliphatic heterocycles. The second-order valence-electron chi connectivity index (χ2n) is 7.24. The molecule has 1 atom stereocenters. The number of alkyl halides is 3. The van der Waals surface area contributed by atoms with Crippen LogP contribution in [-0.2, 0) is 16.1 Å². The number of carbonyl (C=O) groups is 2. The van der Waals surface area contributed by atoms with Gasteiger partial charge in [-0.05, 0) is 36.1 Å². The van der Waals surface area contributed by atoms with E-state index in [9.17, 15) is 22.8 Å². The Hall–Kier alpha value is -3.03. The fourth-order valence-electron chi connectivity index (χ4n) is 3.55. The SMILES string of the molecule is CN(Cc1ccc(OC(F)(F)F)cc1)C(=O)C(c1ccccc1)N1CCCCC1=O. The van der Waals surface area contributed by atoms with Gasteiger partial charge in [0.15, 0.2) is 0 Å². The molecule has 1 fully saturated rings. The van der Waals surface area contributed by atoms with E-state index in [1.807, 2.05) is 30.3 Å². The summed E-state index contributed by atoms with van der Waals surface area (Å²) >= 11 is 0. The average molecular weight is 420 g/mol. The maximum atomic E-state index is 13.3. The Morgan fingerprint density at radius 1 is 1.10 bits per heavy atom. The molecule has 2 aromatic rings. The van der Waals surface area contributed by atoms with Crippen LogP contribution in [0.4, 0.5) is 13.2 Å². The fourth-order valence-corrected chi connectivity index (χ4v) is 3.55. The molecule has 1 aliphatic rings. The third-order valence-corrected chi connectivity index (χ3v) is 4.97. The molecule has 1 saturated heterocycles. The van der Waals surface area contributed by atoms with Gasteiger partial charge in [0.05, 0.1) is 0 Å². The van der Waals surface area contributed by atoms with Crippen molar-refractivity contribution in [3.8, 4) is 5.75 Å². The van der Waals surface area contributed by atoms with Crippen LogP contribution in [0.1, 0.15) is 36.4 Å². The van der Waals surface area contributed by atoms with Crippen molar-refractivity contribution in [3.63, 3.8) is 0 Å². The normalized spacial score (nSPS) is 15.6. The number of likely N-dealkylation sites (tertiary alicyclic amines) is 1. The number of nitrogens with zero attached hydrogens (tertiary/aromatic N) is 2. The summed E-state index contributed by atoms with van der Waals surface area (Å²) in [5.74, 6) is -0.612. The minimum atomic E-state index is -4.75. The molecule has 0 radical (unpaired) electrons. The second kappa shape index (κ2) is 9.19. The number of piperidine rings is 1. The van der Waals surface area contributed by atoms with Gasteiger partial charge in [0.1, 0.15) is 11.8 Å². The number of amides is 2. The van der Waals surface area contributed by atoms with Gasteiger partial charge in [-0.25, -0.2) is 0 Å². The van der Waals surface area contributed by atoms with Crippen LogP contribution < -0.4 is 4.74 Å². The molecule has 30 heavy (non-hydrogen) atoms. The Kier molecular flexibility index (Phi) is 6.64. The van der Waals surface area contributed by atoms with Gasteiger partial charge >= 0.3 is 6.36 Å². The molecule has 2 amide bonds. The van der Waals surface area contributed by atoms with Crippen molar-refractivity contribution in [1.82, 2.24) is 9.80 Å². The molecule has 2 aromatic carbocycles. The summed E-state index contributed by atoms with van der Waals surface area (Å²) in [6, 6.07) is 13.8. The summed E-state index contributed by atoms with van der Waals surface area (Å²) < 4.78 is 40.8. The van der Waals surface area contributed by atoms with Gasteiger partial charge in [0.25, 0.3) is 0 Å². The monoisotopic (exact) mass is 420 g/mol. The van der Waals surface area contributed by atoms with Crippen LogP contribution >= 0.6 is 0 Å². The van der Waals surface area contributed by atoms with Crippen LogP contribution in [0.3, 0.4) is 0 Å². The molecule has 8 heteroatoms. The average Bonchev–Trinajstić information content (AvgIpc) is 2.71. The van der Waals surface area contributed by atoms with E-state index in [0.29, 0.717) is 18.5 Å². The van der Waals surface area contributed by atoms with E-state index in [2.05, 4.69) is 4.74 Å². The molecule has 1 unspecified atom stereocenters. The minimum absolute atomic E-state index is 0.0505. The van der Waals surface area contributed by atoms with Gasteiger partial charge in [-0.15, -0.1) is 13.2 Å². The molecule has 1 heterocycles. The first kappa shape index (κ1) is 21.7. The molecule has 0 N–H and O–H groups in total. The highest BCUT2D eigenvalue weighted by Crippen LogP contribution is 2.28. The Labute approximate surface area is 173 Å². The van der Waals surface area contributed by atoms with Gasteiger partial charge in [-0.1, -0.05) is 42.5 Å². The summed E-state index contributed by atoms with van der Waals surface area (Å²) in [6.45, 7) is 0.706. The lowest BCUT2D eigenvalue weighted by atomic mass is 10.00. The van der Waals surface area contributed by atoms with Gasteiger partial charge < -0.3 is 14.5 Å². The quantitative estimate of drug-likeness (QED) is 0.700. The summed E-state index contributed by atoms with van der Waals surface area (Å²) in [5, 5.41) is 0. The van der Waals surface area contributed by atoms with Crippen molar-refractivity contribution in [1.29, 1.82) is 0 Å². The third kappa shape index (κ3) is 5.52. The van der Waals surface area contributed by atoms with Gasteiger partial charge in [0.2, 0.25) is 11.8 Å². The predicted molar refractivity (Wildman–Crippen MR) is 104 cm³/mol. The smallest absolute Gasteiger partial charge is 0.406 e. The van der Waals surface area contributed by atoms with Crippen LogP contribution in [0.15, 0.2) is 54.6 Å². The van der Waals surface area contributed by atoms with Crippen LogP contribution in [0.25, 0.3) is 0 Å². The number of hydrogen-bond acceptors (Lipinski definition) is 3. The number of hydrogen-bond donors (Lipinski definition) is 0. The van der Waals surface area contributed by atoms with Crippen molar-refractivity contribution in [2.75, 3.05) is 13.6 Å². The molecular weight excluding hydrogens is 397 g/mol. The van der Waals surface area contributed by atoms with Crippen molar-refractivity contribution >= 4 is 11.8 Å². The largest absolute Gasteiger partial charge is 0.573 e. The summed E-state index contributed by atoms with van der Waals surface area (Å²) in [7, 11) is 1.62. The number of carbonyl (C=O) groups excluding carboxylic acids is 2. The van der Waals surface area contributed by atoms with E-state index < -0.39 is 12.4 Å². The maximum absolute atomic E-state index is 13.3. The number of rotatable bonds is 6. The van der Waals surface area contributed by atoms with E-state index in [4.69, 9.17) is 0 Å². The molecule has 0 aromatic heterocycles. The third-order valence-electron chi connectivity index (χ3n) is 4.97. The molecule has 3 rings (SSSR count). The van der Waals surface area contributed by atoms with E-state index in [1.165, 1.54) is 29.2 Å². The highest BCUT2D eigenvalue weighted by molar-refractivity contribution is 5.89. The zero-order valence-corrected chi connectivity index (χ0v) is 16.6. The van der Waals surface area contributed by atoms with Crippen molar-refractivity contribution in [2.24, 2.45) is 0 Å². The Morgan fingerprint density at radius 2 is 1.77 bits per heavy atom. The first-order valence-electron chi connectivity index (χ1n) is 9.69. The topological polar surface area (TPSA) is 49.9 Å². The number of benzene rings is 2. The Morgan fingerprint density at radius 3 is 2.37 bits per heavy atom. The Bertz CT molecular complexity index is 869. The maximum Gasteiger partial charge on any atom is 0.573 e. The number of halogens is 3. The molecular formula is C22H23F3N2O3. The first-order valence-corrected chi connectivity index (χ1v) is 9.69. The lowest BCUT2D eigenvalue weighted by Gasteiger charge is -2.36. The summed E-state index contributed by atoms with van der Waals surface area (Å²) in [4.78, 5) is 28.9. The molecule has 0 aliphatic carbocycles. The lowest BCUT2D eigenvalue weighted by molar-refractivity contribution is -0.274. The predicted octanol–water partition coefficient (Wildman–Crippen LogP) is 4.30. The van der Waals surface area contributed by atoms with E-state index >= 15 is 0 Å². The summed E-state index contributed by atoms with van der Waals surface area (Å²) in [6.07, 6.45) is -2.68. The zero-order valence-electron chi connectivity index (χ0n) is 16.6. The lowest BCUT2D eigenvalue weighted by Crippen LogP contribution is -2.46. The minimum Gasteiger partial charge on any atom is -0.406 e. The summed E-state index contributed by atoms with van der Waals surface area (Å²) in [5.41, 5.74) is 1.38. The van der Waals surface area contributed by atoms with E-state index in [0.717, 1.165) is 18.4 Å². The number of likely N-dealkylation sites (N-methyl/N-ethyl adjacent to an activating group) is 1. The zero-order chi connectivity index (χ0) is 21.7. The molecule has 0 bridgehead atoms. The van der Waals surface area contributed by atoms with Crippen molar-refractivity contribution in [2.45, 2.75) is 38.2 Å².